The SMILES string of the molecule is O=C1CCCCN1[C@@H](O)Cc1ccccc1. The number of aliphatic hydroxyl groups excluding tert-OH is 1. The van der Waals surface area contributed by atoms with Crippen molar-refractivity contribution in [1.29, 1.82) is 0 Å². The minimum absolute atomic E-state index is 0.0784. The van der Waals surface area contributed by atoms with Gasteiger partial charge in [0.25, 0.3) is 0 Å². The van der Waals surface area contributed by atoms with E-state index in [0.29, 0.717) is 19.4 Å². The summed E-state index contributed by atoms with van der Waals surface area (Å²) in [7, 11) is 0. The van der Waals surface area contributed by atoms with E-state index in [-0.39, 0.29) is 5.91 Å². The van der Waals surface area contributed by atoms with Crippen molar-refractivity contribution in [2.45, 2.75) is 31.9 Å². The van der Waals surface area contributed by atoms with Crippen molar-refractivity contribution in [1.82, 2.24) is 4.90 Å². The van der Waals surface area contributed by atoms with Crippen molar-refractivity contribution in [3.05, 3.63) is 35.9 Å². The lowest BCUT2D eigenvalue weighted by Crippen LogP contribution is -2.44. The lowest BCUT2D eigenvalue weighted by atomic mass is 10.1. The van der Waals surface area contributed by atoms with E-state index in [1.165, 1.54) is 0 Å². The average molecular weight is 219 g/mol. The van der Waals surface area contributed by atoms with E-state index in [1.54, 1.807) is 4.90 Å². The number of likely N-dealkylation sites (tertiary alicyclic amines) is 1. The zero-order chi connectivity index (χ0) is 11.4. The van der Waals surface area contributed by atoms with Gasteiger partial charge in [-0.05, 0) is 18.4 Å². The Bertz CT molecular complexity index is 350. The van der Waals surface area contributed by atoms with Crippen LogP contribution in [0.5, 0.6) is 0 Å². The van der Waals surface area contributed by atoms with E-state index in [1.807, 2.05) is 30.3 Å². The van der Waals surface area contributed by atoms with E-state index in [2.05, 4.69) is 0 Å². The Labute approximate surface area is 95.7 Å². The van der Waals surface area contributed by atoms with Crippen LogP contribution in [-0.4, -0.2) is 28.7 Å². The van der Waals surface area contributed by atoms with Crippen LogP contribution in [0, 0.1) is 0 Å². The van der Waals surface area contributed by atoms with Gasteiger partial charge in [0.1, 0.15) is 6.23 Å². The molecule has 3 heteroatoms. The summed E-state index contributed by atoms with van der Waals surface area (Å²) >= 11 is 0. The first-order valence-electron chi connectivity index (χ1n) is 5.79. The van der Waals surface area contributed by atoms with Crippen molar-refractivity contribution in [2.75, 3.05) is 6.54 Å². The summed E-state index contributed by atoms with van der Waals surface area (Å²) < 4.78 is 0. The van der Waals surface area contributed by atoms with E-state index in [0.717, 1.165) is 18.4 Å². The molecule has 0 aliphatic carbocycles. The molecule has 0 bridgehead atoms. The second-order valence-electron chi connectivity index (χ2n) is 4.21. The summed E-state index contributed by atoms with van der Waals surface area (Å²) in [6.07, 6.45) is 2.37. The third kappa shape index (κ3) is 2.61. The fourth-order valence-electron chi connectivity index (χ4n) is 2.08. The van der Waals surface area contributed by atoms with Crippen LogP contribution >= 0.6 is 0 Å². The van der Waals surface area contributed by atoms with Gasteiger partial charge in [0, 0.05) is 19.4 Å². The number of nitrogens with zero attached hydrogens (tertiary/aromatic N) is 1. The number of carbonyl (C=O) groups excluding carboxylic acids is 1. The van der Waals surface area contributed by atoms with Gasteiger partial charge in [-0.15, -0.1) is 0 Å². The number of carbonyl (C=O) groups is 1. The number of benzene rings is 1. The molecular formula is C13H17NO2. The molecule has 0 radical (unpaired) electrons. The highest BCUT2D eigenvalue weighted by molar-refractivity contribution is 5.77. The first kappa shape index (κ1) is 11.1. The number of hydrogen-bond acceptors (Lipinski definition) is 2. The Morgan fingerprint density at radius 3 is 2.69 bits per heavy atom. The standard InChI is InChI=1S/C13H17NO2/c15-12-8-4-5-9-14(12)13(16)10-11-6-2-1-3-7-11/h1-3,6-7,13,16H,4-5,8-10H2/t13-/m0/s1. The molecule has 2 rings (SSSR count). The van der Waals surface area contributed by atoms with Crippen LogP contribution < -0.4 is 0 Å². The topological polar surface area (TPSA) is 40.5 Å². The number of amides is 1. The summed E-state index contributed by atoms with van der Waals surface area (Å²) in [4.78, 5) is 13.2. The minimum Gasteiger partial charge on any atom is -0.373 e. The van der Waals surface area contributed by atoms with Crippen LogP contribution in [-0.2, 0) is 11.2 Å². The Hall–Kier alpha value is -1.35. The highest BCUT2D eigenvalue weighted by Crippen LogP contribution is 2.15. The molecule has 0 spiro atoms. The molecule has 1 amide bonds. The monoisotopic (exact) mass is 219 g/mol. The highest BCUT2D eigenvalue weighted by atomic mass is 16.3. The summed E-state index contributed by atoms with van der Waals surface area (Å²) in [5, 5.41) is 10.0. The van der Waals surface area contributed by atoms with Crippen molar-refractivity contribution in [3.63, 3.8) is 0 Å². The second-order valence-corrected chi connectivity index (χ2v) is 4.21. The van der Waals surface area contributed by atoms with Crippen LogP contribution in [0.1, 0.15) is 24.8 Å². The van der Waals surface area contributed by atoms with Gasteiger partial charge >= 0.3 is 0 Å². The molecular weight excluding hydrogens is 202 g/mol. The molecule has 0 unspecified atom stereocenters. The normalized spacial score (nSPS) is 18.6. The van der Waals surface area contributed by atoms with Gasteiger partial charge in [-0.1, -0.05) is 30.3 Å². The van der Waals surface area contributed by atoms with E-state index >= 15 is 0 Å². The van der Waals surface area contributed by atoms with E-state index < -0.39 is 6.23 Å². The first-order valence-corrected chi connectivity index (χ1v) is 5.79. The van der Waals surface area contributed by atoms with Crippen LogP contribution in [0.2, 0.25) is 0 Å². The van der Waals surface area contributed by atoms with Gasteiger partial charge in [-0.3, -0.25) is 4.79 Å². The number of aliphatic hydroxyl groups is 1. The van der Waals surface area contributed by atoms with Crippen molar-refractivity contribution in [2.24, 2.45) is 0 Å². The van der Waals surface area contributed by atoms with E-state index in [9.17, 15) is 9.90 Å². The average Bonchev–Trinajstić information content (AvgIpc) is 2.31. The Morgan fingerprint density at radius 1 is 1.25 bits per heavy atom. The fourth-order valence-corrected chi connectivity index (χ4v) is 2.08. The smallest absolute Gasteiger partial charge is 0.224 e. The minimum atomic E-state index is -0.671. The fraction of sp³-hybridized carbons (Fsp3) is 0.462. The van der Waals surface area contributed by atoms with Gasteiger partial charge in [-0.25, -0.2) is 0 Å². The molecule has 1 saturated heterocycles. The molecule has 1 aliphatic heterocycles. The van der Waals surface area contributed by atoms with Gasteiger partial charge in [-0.2, -0.15) is 0 Å². The van der Waals surface area contributed by atoms with Crippen LogP contribution in [0.15, 0.2) is 30.3 Å². The first-order chi connectivity index (χ1) is 7.77. The summed E-state index contributed by atoms with van der Waals surface area (Å²) in [6, 6.07) is 9.78. The molecule has 3 nitrogen and oxygen atoms in total. The lowest BCUT2D eigenvalue weighted by Gasteiger charge is -2.31. The van der Waals surface area contributed by atoms with E-state index in [4.69, 9.17) is 0 Å². The molecule has 0 saturated carbocycles. The highest BCUT2D eigenvalue weighted by Gasteiger charge is 2.24. The molecule has 1 heterocycles. The zero-order valence-electron chi connectivity index (χ0n) is 9.30. The quantitative estimate of drug-likeness (QED) is 0.838. The molecule has 1 aromatic rings. The zero-order valence-corrected chi connectivity index (χ0v) is 9.30. The van der Waals surface area contributed by atoms with Crippen LogP contribution in [0.4, 0.5) is 0 Å². The maximum atomic E-state index is 11.6. The summed E-state index contributed by atoms with van der Waals surface area (Å²) in [6.45, 7) is 0.687. The number of hydrogen-bond donors (Lipinski definition) is 1. The molecule has 86 valence electrons. The molecule has 1 aliphatic rings. The summed E-state index contributed by atoms with van der Waals surface area (Å²) in [5.41, 5.74) is 1.06. The second kappa shape index (κ2) is 5.12. The maximum Gasteiger partial charge on any atom is 0.224 e. The largest absolute Gasteiger partial charge is 0.373 e. The van der Waals surface area contributed by atoms with Gasteiger partial charge in [0.2, 0.25) is 5.91 Å². The van der Waals surface area contributed by atoms with Crippen LogP contribution in [0.3, 0.4) is 0 Å². The third-order valence-corrected chi connectivity index (χ3v) is 2.98. The van der Waals surface area contributed by atoms with Gasteiger partial charge in [0.15, 0.2) is 0 Å². The molecule has 1 fully saturated rings. The Balaban J connectivity index is 1.97. The van der Waals surface area contributed by atoms with Gasteiger partial charge in [0.05, 0.1) is 0 Å². The number of rotatable bonds is 3. The Kier molecular flexibility index (Phi) is 3.57. The maximum absolute atomic E-state index is 11.6. The van der Waals surface area contributed by atoms with Gasteiger partial charge < -0.3 is 10.0 Å². The molecule has 16 heavy (non-hydrogen) atoms. The van der Waals surface area contributed by atoms with Crippen molar-refractivity contribution < 1.29 is 9.90 Å². The third-order valence-electron chi connectivity index (χ3n) is 2.98. The molecule has 1 aromatic carbocycles. The molecule has 1 N–H and O–H groups in total. The predicted octanol–water partition coefficient (Wildman–Crippen LogP) is 1.56. The van der Waals surface area contributed by atoms with Crippen molar-refractivity contribution >= 4 is 5.91 Å². The summed E-state index contributed by atoms with van der Waals surface area (Å²) in [5.74, 6) is 0.0784. The number of piperidine rings is 1. The predicted molar refractivity (Wildman–Crippen MR) is 61.7 cm³/mol. The molecule has 1 atom stereocenters. The molecule has 0 aromatic heterocycles. The Morgan fingerprint density at radius 2 is 2.00 bits per heavy atom. The lowest BCUT2D eigenvalue weighted by molar-refractivity contribution is -0.143. The van der Waals surface area contributed by atoms with Crippen molar-refractivity contribution in [3.8, 4) is 0 Å². The van der Waals surface area contributed by atoms with Crippen LogP contribution in [0.25, 0.3) is 0 Å².